The SMILES string of the molecule is CCCOc1ccc([C@H]2NC(=O)NC(C)=C2C(=O)OC[C@H](C)CCC)cc1. The Bertz CT molecular complexity index is 682. The summed E-state index contributed by atoms with van der Waals surface area (Å²) in [5.74, 6) is 0.665. The van der Waals surface area contributed by atoms with Crippen LogP contribution < -0.4 is 15.4 Å². The van der Waals surface area contributed by atoms with Gasteiger partial charge in [0, 0.05) is 5.70 Å². The van der Waals surface area contributed by atoms with Crippen molar-refractivity contribution >= 4 is 12.0 Å². The smallest absolute Gasteiger partial charge is 0.338 e. The summed E-state index contributed by atoms with van der Waals surface area (Å²) in [5.41, 5.74) is 1.75. The van der Waals surface area contributed by atoms with E-state index >= 15 is 0 Å². The third-order valence-corrected chi connectivity index (χ3v) is 4.46. The summed E-state index contributed by atoms with van der Waals surface area (Å²) >= 11 is 0. The zero-order chi connectivity index (χ0) is 19.8. The average Bonchev–Trinajstić information content (AvgIpc) is 2.64. The second-order valence-corrected chi connectivity index (χ2v) is 6.98. The molecule has 0 saturated carbocycles. The van der Waals surface area contributed by atoms with E-state index in [2.05, 4.69) is 24.5 Å². The molecule has 2 rings (SSSR count). The van der Waals surface area contributed by atoms with E-state index in [1.807, 2.05) is 31.2 Å². The summed E-state index contributed by atoms with van der Waals surface area (Å²) in [4.78, 5) is 24.7. The lowest BCUT2D eigenvalue weighted by Crippen LogP contribution is -2.45. The second kappa shape index (κ2) is 10.00. The van der Waals surface area contributed by atoms with Gasteiger partial charge >= 0.3 is 12.0 Å². The number of hydrogen-bond acceptors (Lipinski definition) is 4. The minimum atomic E-state index is -0.548. The minimum Gasteiger partial charge on any atom is -0.494 e. The van der Waals surface area contributed by atoms with Crippen LogP contribution in [0.4, 0.5) is 4.79 Å². The van der Waals surface area contributed by atoms with Crippen LogP contribution in [0, 0.1) is 5.92 Å². The van der Waals surface area contributed by atoms with Crippen molar-refractivity contribution < 1.29 is 19.1 Å². The predicted molar refractivity (Wildman–Crippen MR) is 104 cm³/mol. The van der Waals surface area contributed by atoms with E-state index < -0.39 is 12.0 Å². The third-order valence-electron chi connectivity index (χ3n) is 4.46. The van der Waals surface area contributed by atoms with Crippen molar-refractivity contribution in [3.8, 4) is 5.75 Å². The fourth-order valence-electron chi connectivity index (χ4n) is 3.06. The molecule has 0 bridgehead atoms. The maximum absolute atomic E-state index is 12.7. The van der Waals surface area contributed by atoms with Crippen LogP contribution in [0.15, 0.2) is 35.5 Å². The fraction of sp³-hybridized carbons (Fsp3) is 0.524. The summed E-state index contributed by atoms with van der Waals surface area (Å²) < 4.78 is 11.1. The van der Waals surface area contributed by atoms with Crippen LogP contribution in [0.3, 0.4) is 0 Å². The van der Waals surface area contributed by atoms with E-state index in [0.717, 1.165) is 30.6 Å². The molecule has 1 aromatic carbocycles. The van der Waals surface area contributed by atoms with Crippen LogP contribution >= 0.6 is 0 Å². The highest BCUT2D eigenvalue weighted by Gasteiger charge is 2.32. The number of benzene rings is 1. The molecule has 1 heterocycles. The molecule has 2 atom stereocenters. The molecule has 6 nitrogen and oxygen atoms in total. The maximum atomic E-state index is 12.7. The first-order valence-corrected chi connectivity index (χ1v) is 9.64. The Morgan fingerprint density at radius 2 is 1.89 bits per heavy atom. The number of carbonyl (C=O) groups excluding carboxylic acids is 2. The molecule has 148 valence electrons. The van der Waals surface area contributed by atoms with E-state index in [4.69, 9.17) is 9.47 Å². The predicted octanol–water partition coefficient (Wildman–Crippen LogP) is 4.08. The Hall–Kier alpha value is -2.50. The van der Waals surface area contributed by atoms with Crippen molar-refractivity contribution in [1.29, 1.82) is 0 Å². The van der Waals surface area contributed by atoms with Crippen LogP contribution in [0.5, 0.6) is 5.75 Å². The van der Waals surface area contributed by atoms with Gasteiger partial charge in [0.1, 0.15) is 5.75 Å². The van der Waals surface area contributed by atoms with Gasteiger partial charge in [0.25, 0.3) is 0 Å². The van der Waals surface area contributed by atoms with E-state index in [0.29, 0.717) is 30.4 Å². The van der Waals surface area contributed by atoms with Crippen molar-refractivity contribution in [2.24, 2.45) is 5.92 Å². The maximum Gasteiger partial charge on any atom is 0.338 e. The van der Waals surface area contributed by atoms with Crippen LogP contribution in [-0.4, -0.2) is 25.2 Å². The number of amides is 2. The molecule has 2 N–H and O–H groups in total. The summed E-state index contributed by atoms with van der Waals surface area (Å²) in [6.07, 6.45) is 2.98. The highest BCUT2D eigenvalue weighted by atomic mass is 16.5. The lowest BCUT2D eigenvalue weighted by Gasteiger charge is -2.28. The van der Waals surface area contributed by atoms with Gasteiger partial charge in [0.15, 0.2) is 0 Å². The Morgan fingerprint density at radius 3 is 2.52 bits per heavy atom. The summed E-state index contributed by atoms with van der Waals surface area (Å²) in [6, 6.07) is 6.54. The van der Waals surface area contributed by atoms with E-state index in [9.17, 15) is 9.59 Å². The number of carbonyl (C=O) groups is 2. The summed E-state index contributed by atoms with van der Waals surface area (Å²) in [7, 11) is 0. The number of allylic oxidation sites excluding steroid dienone is 1. The van der Waals surface area contributed by atoms with Crippen molar-refractivity contribution in [2.75, 3.05) is 13.2 Å². The molecule has 27 heavy (non-hydrogen) atoms. The Kier molecular flexibility index (Phi) is 7.70. The average molecular weight is 374 g/mol. The normalized spacial score (nSPS) is 17.8. The lowest BCUT2D eigenvalue weighted by atomic mass is 9.95. The first-order valence-electron chi connectivity index (χ1n) is 9.64. The van der Waals surface area contributed by atoms with Crippen LogP contribution in [0.25, 0.3) is 0 Å². The third kappa shape index (κ3) is 5.74. The molecule has 6 heteroatoms. The van der Waals surface area contributed by atoms with Crippen molar-refractivity contribution in [3.63, 3.8) is 0 Å². The highest BCUT2D eigenvalue weighted by molar-refractivity contribution is 5.95. The first-order chi connectivity index (χ1) is 13.0. The highest BCUT2D eigenvalue weighted by Crippen LogP contribution is 2.29. The number of hydrogen-bond donors (Lipinski definition) is 2. The minimum absolute atomic E-state index is 0.305. The topological polar surface area (TPSA) is 76.7 Å². The summed E-state index contributed by atoms with van der Waals surface area (Å²) in [6.45, 7) is 8.95. The lowest BCUT2D eigenvalue weighted by molar-refractivity contribution is -0.140. The van der Waals surface area contributed by atoms with Gasteiger partial charge in [-0.1, -0.05) is 39.3 Å². The molecule has 1 aliphatic rings. The van der Waals surface area contributed by atoms with Crippen LogP contribution in [-0.2, 0) is 9.53 Å². The van der Waals surface area contributed by atoms with E-state index in [1.165, 1.54) is 0 Å². The Morgan fingerprint density at radius 1 is 1.19 bits per heavy atom. The zero-order valence-corrected chi connectivity index (χ0v) is 16.6. The van der Waals surface area contributed by atoms with Gasteiger partial charge in [0.05, 0.1) is 24.8 Å². The molecule has 0 radical (unpaired) electrons. The summed E-state index contributed by atoms with van der Waals surface area (Å²) in [5, 5.41) is 5.49. The van der Waals surface area contributed by atoms with Gasteiger partial charge in [-0.05, 0) is 43.4 Å². The Labute approximate surface area is 161 Å². The van der Waals surface area contributed by atoms with Gasteiger partial charge in [-0.2, -0.15) is 0 Å². The molecule has 0 spiro atoms. The zero-order valence-electron chi connectivity index (χ0n) is 16.6. The van der Waals surface area contributed by atoms with Crippen molar-refractivity contribution in [2.45, 2.75) is 53.0 Å². The molecule has 1 aliphatic heterocycles. The molecule has 1 aromatic rings. The molecule has 0 aromatic heterocycles. The van der Waals surface area contributed by atoms with Gasteiger partial charge < -0.3 is 20.1 Å². The van der Waals surface area contributed by atoms with Crippen LogP contribution in [0.2, 0.25) is 0 Å². The second-order valence-electron chi connectivity index (χ2n) is 6.98. The van der Waals surface area contributed by atoms with Crippen molar-refractivity contribution in [1.82, 2.24) is 10.6 Å². The molecule has 0 unspecified atom stereocenters. The largest absolute Gasteiger partial charge is 0.494 e. The molecule has 0 saturated heterocycles. The van der Waals surface area contributed by atoms with Crippen molar-refractivity contribution in [3.05, 3.63) is 41.1 Å². The van der Waals surface area contributed by atoms with Gasteiger partial charge in [-0.15, -0.1) is 0 Å². The van der Waals surface area contributed by atoms with Gasteiger partial charge in [-0.25, -0.2) is 9.59 Å². The monoisotopic (exact) mass is 374 g/mol. The fourth-order valence-corrected chi connectivity index (χ4v) is 3.06. The Balaban J connectivity index is 2.18. The van der Waals surface area contributed by atoms with Gasteiger partial charge in [-0.3, -0.25) is 0 Å². The van der Waals surface area contributed by atoms with Gasteiger partial charge in [0.2, 0.25) is 0 Å². The standard InChI is InChI=1S/C21H30N2O4/c1-5-7-14(3)13-27-20(24)18-15(4)22-21(25)23-19(18)16-8-10-17(11-9-16)26-12-6-2/h8-11,14,19H,5-7,12-13H2,1-4H3,(H2,22,23,25)/t14-,19-/m1/s1. The molecular formula is C21H30N2O4. The number of esters is 1. The molecule has 0 fully saturated rings. The number of ether oxygens (including phenoxy) is 2. The first kappa shape index (κ1) is 20.8. The molecule has 2 amide bonds. The molecule has 0 aliphatic carbocycles. The van der Waals surface area contributed by atoms with E-state index in [-0.39, 0.29) is 6.03 Å². The number of rotatable bonds is 9. The number of nitrogens with one attached hydrogen (secondary N) is 2. The number of urea groups is 1. The molecular weight excluding hydrogens is 344 g/mol. The quantitative estimate of drug-likeness (QED) is 0.639. The van der Waals surface area contributed by atoms with Crippen LogP contribution in [0.1, 0.15) is 58.6 Å². The van der Waals surface area contributed by atoms with E-state index in [1.54, 1.807) is 6.92 Å².